The van der Waals surface area contributed by atoms with Crippen LogP contribution in [0.5, 0.6) is 0 Å². The van der Waals surface area contributed by atoms with Crippen LogP contribution in [0.1, 0.15) is 11.1 Å². The Labute approximate surface area is 114 Å². The van der Waals surface area contributed by atoms with E-state index in [1.54, 1.807) is 0 Å². The van der Waals surface area contributed by atoms with Crippen molar-refractivity contribution in [3.05, 3.63) is 70.2 Å². The highest BCUT2D eigenvalue weighted by Gasteiger charge is 2.20. The lowest BCUT2D eigenvalue weighted by Gasteiger charge is -2.05. The monoisotopic (exact) mass is 294 g/mol. The average molecular weight is 295 g/mol. The minimum Gasteiger partial charge on any atom is -0.0616 e. The number of rotatable bonds is 0. The van der Waals surface area contributed by atoms with Crippen LogP contribution < -0.4 is 0 Å². The van der Waals surface area contributed by atoms with E-state index in [4.69, 9.17) is 0 Å². The number of halogens is 1. The molecule has 0 aliphatic heterocycles. The molecule has 4 rings (SSSR count). The van der Waals surface area contributed by atoms with Gasteiger partial charge in [-0.2, -0.15) is 0 Å². The predicted molar refractivity (Wildman–Crippen MR) is 79.9 cm³/mol. The summed E-state index contributed by atoms with van der Waals surface area (Å²) in [6.07, 6.45) is 1.05. The van der Waals surface area contributed by atoms with Crippen LogP contribution in [-0.4, -0.2) is 0 Å². The molecule has 0 atom stereocenters. The zero-order chi connectivity index (χ0) is 12.1. The van der Waals surface area contributed by atoms with Crippen LogP contribution in [-0.2, 0) is 6.42 Å². The molecule has 1 aliphatic carbocycles. The maximum absolute atomic E-state index is 3.56. The molecule has 3 aromatic rings. The van der Waals surface area contributed by atoms with Gasteiger partial charge in [0, 0.05) is 4.47 Å². The van der Waals surface area contributed by atoms with Crippen molar-refractivity contribution in [2.75, 3.05) is 0 Å². The minimum absolute atomic E-state index is 1.05. The molecule has 86 valence electrons. The minimum atomic E-state index is 1.05. The van der Waals surface area contributed by atoms with E-state index >= 15 is 0 Å². The Bertz CT molecular complexity index is 772. The highest BCUT2D eigenvalue weighted by atomic mass is 79.9. The summed E-state index contributed by atoms with van der Waals surface area (Å²) in [5.74, 6) is 0. The summed E-state index contributed by atoms with van der Waals surface area (Å²) < 4.78 is 1.17. The highest BCUT2D eigenvalue weighted by Crippen LogP contribution is 2.41. The summed E-state index contributed by atoms with van der Waals surface area (Å²) in [4.78, 5) is 0. The maximum atomic E-state index is 3.56. The lowest BCUT2D eigenvalue weighted by Crippen LogP contribution is -1.83. The van der Waals surface area contributed by atoms with Crippen LogP contribution in [0.25, 0.3) is 21.9 Å². The van der Waals surface area contributed by atoms with Crippen molar-refractivity contribution in [3.8, 4) is 11.1 Å². The molecular formula is C17H11Br. The zero-order valence-corrected chi connectivity index (χ0v) is 11.4. The van der Waals surface area contributed by atoms with Gasteiger partial charge in [0.25, 0.3) is 0 Å². The van der Waals surface area contributed by atoms with Gasteiger partial charge in [0.2, 0.25) is 0 Å². The molecule has 3 aromatic carbocycles. The third-order valence-corrected chi connectivity index (χ3v) is 4.26. The van der Waals surface area contributed by atoms with E-state index in [1.165, 1.54) is 37.5 Å². The lowest BCUT2D eigenvalue weighted by molar-refractivity contribution is 1.28. The molecule has 0 radical (unpaired) electrons. The van der Waals surface area contributed by atoms with Crippen LogP contribution in [0.4, 0.5) is 0 Å². The van der Waals surface area contributed by atoms with E-state index in [0.29, 0.717) is 0 Å². The molecule has 0 aromatic heterocycles. The van der Waals surface area contributed by atoms with Crippen LogP contribution in [0.15, 0.2) is 59.1 Å². The van der Waals surface area contributed by atoms with Crippen molar-refractivity contribution in [1.82, 2.24) is 0 Å². The predicted octanol–water partition coefficient (Wildman–Crippen LogP) is 5.17. The van der Waals surface area contributed by atoms with Gasteiger partial charge in [-0.15, -0.1) is 0 Å². The van der Waals surface area contributed by atoms with E-state index < -0.39 is 0 Å². The molecule has 0 nitrogen and oxygen atoms in total. The molecule has 0 heterocycles. The number of benzene rings is 3. The fourth-order valence-corrected chi connectivity index (χ4v) is 3.35. The standard InChI is InChI=1S/C17H11Br/c18-13-6-8-15-12(9-13)10-17-14-4-2-1-3-11(14)5-7-16(15)17/h1-9H,10H2. The van der Waals surface area contributed by atoms with Gasteiger partial charge in [-0.1, -0.05) is 58.4 Å². The Morgan fingerprint density at radius 3 is 2.61 bits per heavy atom. The Balaban J connectivity index is 2.06. The van der Waals surface area contributed by atoms with Crippen LogP contribution in [0.3, 0.4) is 0 Å². The molecule has 0 fully saturated rings. The first-order chi connectivity index (χ1) is 8.83. The number of fused-ring (bicyclic) bond motifs is 5. The van der Waals surface area contributed by atoms with Gasteiger partial charge in [0.15, 0.2) is 0 Å². The van der Waals surface area contributed by atoms with Crippen LogP contribution >= 0.6 is 15.9 Å². The summed E-state index contributed by atoms with van der Waals surface area (Å²) in [6, 6.07) is 19.7. The Hall–Kier alpha value is -1.60. The van der Waals surface area contributed by atoms with Gasteiger partial charge in [-0.25, -0.2) is 0 Å². The molecule has 1 heteroatoms. The third kappa shape index (κ3) is 1.37. The maximum Gasteiger partial charge on any atom is 0.0178 e. The SMILES string of the molecule is Brc1ccc2c(c1)Cc1c-2ccc2ccccc12. The second-order valence-corrected chi connectivity index (χ2v) is 5.71. The largest absolute Gasteiger partial charge is 0.0616 e. The van der Waals surface area contributed by atoms with Crippen molar-refractivity contribution in [3.63, 3.8) is 0 Å². The number of hydrogen-bond donors (Lipinski definition) is 0. The zero-order valence-electron chi connectivity index (χ0n) is 9.78. The summed E-state index contributed by atoms with van der Waals surface area (Å²) in [5.41, 5.74) is 5.69. The van der Waals surface area contributed by atoms with E-state index in [-0.39, 0.29) is 0 Å². The Kier molecular flexibility index (Phi) is 2.12. The summed E-state index contributed by atoms with van der Waals surface area (Å²) in [7, 11) is 0. The summed E-state index contributed by atoms with van der Waals surface area (Å²) in [6.45, 7) is 0. The fourth-order valence-electron chi connectivity index (χ4n) is 2.94. The summed E-state index contributed by atoms with van der Waals surface area (Å²) >= 11 is 3.56. The van der Waals surface area contributed by atoms with Crippen molar-refractivity contribution in [2.24, 2.45) is 0 Å². The van der Waals surface area contributed by atoms with Gasteiger partial charge in [-0.05, 0) is 51.6 Å². The normalized spacial score (nSPS) is 12.5. The third-order valence-electron chi connectivity index (χ3n) is 3.77. The fraction of sp³-hybridized carbons (Fsp3) is 0.0588. The van der Waals surface area contributed by atoms with Crippen molar-refractivity contribution in [1.29, 1.82) is 0 Å². The molecule has 0 unspecified atom stereocenters. The van der Waals surface area contributed by atoms with Crippen molar-refractivity contribution in [2.45, 2.75) is 6.42 Å². The first-order valence-electron chi connectivity index (χ1n) is 6.12. The quantitative estimate of drug-likeness (QED) is 0.419. The van der Waals surface area contributed by atoms with Gasteiger partial charge in [0.1, 0.15) is 0 Å². The molecule has 0 spiro atoms. The Morgan fingerprint density at radius 2 is 1.67 bits per heavy atom. The number of hydrogen-bond acceptors (Lipinski definition) is 0. The molecule has 18 heavy (non-hydrogen) atoms. The van der Waals surface area contributed by atoms with Gasteiger partial charge in [-0.3, -0.25) is 0 Å². The molecule has 0 N–H and O–H groups in total. The molecule has 1 aliphatic rings. The topological polar surface area (TPSA) is 0 Å². The van der Waals surface area contributed by atoms with Crippen molar-refractivity contribution < 1.29 is 0 Å². The first kappa shape index (κ1) is 10.3. The molecule has 0 amide bonds. The Morgan fingerprint density at radius 1 is 0.833 bits per heavy atom. The van der Waals surface area contributed by atoms with Gasteiger partial charge >= 0.3 is 0 Å². The van der Waals surface area contributed by atoms with Gasteiger partial charge in [0.05, 0.1) is 0 Å². The average Bonchev–Trinajstić information content (AvgIpc) is 2.76. The van der Waals surface area contributed by atoms with Crippen molar-refractivity contribution >= 4 is 26.7 Å². The smallest absolute Gasteiger partial charge is 0.0178 e. The second kappa shape index (κ2) is 3.69. The van der Waals surface area contributed by atoms with E-state index in [9.17, 15) is 0 Å². The van der Waals surface area contributed by atoms with E-state index in [0.717, 1.165) is 6.42 Å². The second-order valence-electron chi connectivity index (χ2n) is 4.79. The molecule has 0 saturated carbocycles. The molecule has 0 bridgehead atoms. The lowest BCUT2D eigenvalue weighted by atomic mass is 9.99. The van der Waals surface area contributed by atoms with E-state index in [1.807, 2.05) is 0 Å². The first-order valence-corrected chi connectivity index (χ1v) is 6.92. The van der Waals surface area contributed by atoms with Crippen LogP contribution in [0.2, 0.25) is 0 Å². The van der Waals surface area contributed by atoms with Gasteiger partial charge < -0.3 is 0 Å². The molecular weight excluding hydrogens is 284 g/mol. The van der Waals surface area contributed by atoms with E-state index in [2.05, 4.69) is 70.5 Å². The highest BCUT2D eigenvalue weighted by molar-refractivity contribution is 9.10. The summed E-state index contributed by atoms with van der Waals surface area (Å²) in [5, 5.41) is 2.73. The molecule has 0 saturated heterocycles. The van der Waals surface area contributed by atoms with Crippen LogP contribution in [0, 0.1) is 0 Å².